The van der Waals surface area contributed by atoms with Crippen LogP contribution in [0.15, 0.2) is 24.3 Å². The highest BCUT2D eigenvalue weighted by Crippen LogP contribution is 2.31. The standard InChI is InChI=1S/C19H24N2O6/c1-19(2,18(24)25)17(23)20-12-7-9-21(10-8-12)16(22)15-11-26-13-5-3-4-6-14(13)27-15/h3-6,12,15H,7-11H2,1-2H3,(H,20,23)(H,24,25). The number of hydrogen-bond donors (Lipinski definition) is 2. The fourth-order valence-electron chi connectivity index (χ4n) is 3.05. The first kappa shape index (κ1) is 19.0. The van der Waals surface area contributed by atoms with Crippen LogP contribution in [0.2, 0.25) is 0 Å². The van der Waals surface area contributed by atoms with Gasteiger partial charge in [-0.2, -0.15) is 0 Å². The first-order chi connectivity index (χ1) is 12.8. The number of aliphatic carboxylic acids is 1. The van der Waals surface area contributed by atoms with Crippen LogP contribution in [0, 0.1) is 5.41 Å². The minimum atomic E-state index is -1.48. The van der Waals surface area contributed by atoms with Crippen LogP contribution in [-0.4, -0.2) is 59.6 Å². The zero-order valence-corrected chi connectivity index (χ0v) is 15.4. The predicted molar refractivity (Wildman–Crippen MR) is 95.5 cm³/mol. The topological polar surface area (TPSA) is 105 Å². The highest BCUT2D eigenvalue weighted by Gasteiger charge is 2.38. The third kappa shape index (κ3) is 3.99. The Bertz CT molecular complexity index is 739. The highest BCUT2D eigenvalue weighted by atomic mass is 16.6. The van der Waals surface area contributed by atoms with E-state index in [4.69, 9.17) is 14.6 Å². The molecule has 0 spiro atoms. The largest absolute Gasteiger partial charge is 0.485 e. The minimum absolute atomic E-state index is 0.139. The van der Waals surface area contributed by atoms with E-state index in [1.54, 1.807) is 17.0 Å². The second kappa shape index (κ2) is 7.46. The SMILES string of the molecule is CC(C)(C(=O)O)C(=O)NC1CCN(C(=O)C2COc3ccccc3O2)CC1. The molecule has 1 saturated heterocycles. The first-order valence-corrected chi connectivity index (χ1v) is 9.00. The Kier molecular flexibility index (Phi) is 5.25. The molecular weight excluding hydrogens is 352 g/mol. The minimum Gasteiger partial charge on any atom is -0.485 e. The number of carbonyl (C=O) groups excluding carboxylic acids is 2. The molecule has 27 heavy (non-hydrogen) atoms. The second-order valence-electron chi connectivity index (χ2n) is 7.37. The molecule has 1 unspecified atom stereocenters. The molecular formula is C19H24N2O6. The number of ether oxygens (including phenoxy) is 2. The number of hydrogen-bond acceptors (Lipinski definition) is 5. The molecule has 0 aromatic heterocycles. The molecule has 2 aliphatic rings. The molecule has 0 radical (unpaired) electrons. The summed E-state index contributed by atoms with van der Waals surface area (Å²) in [5, 5.41) is 11.9. The van der Waals surface area contributed by atoms with Gasteiger partial charge in [0.05, 0.1) is 0 Å². The van der Waals surface area contributed by atoms with Crippen LogP contribution in [0.5, 0.6) is 11.5 Å². The summed E-state index contributed by atoms with van der Waals surface area (Å²) in [5.74, 6) is -0.632. The Labute approximate surface area is 157 Å². The number of para-hydroxylation sites is 2. The van der Waals surface area contributed by atoms with Crippen LogP contribution < -0.4 is 14.8 Å². The molecule has 2 N–H and O–H groups in total. The van der Waals surface area contributed by atoms with E-state index in [9.17, 15) is 14.4 Å². The number of likely N-dealkylation sites (tertiary alicyclic amines) is 1. The maximum Gasteiger partial charge on any atom is 0.318 e. The van der Waals surface area contributed by atoms with Gasteiger partial charge in [0, 0.05) is 19.1 Å². The zero-order chi connectivity index (χ0) is 19.6. The first-order valence-electron chi connectivity index (χ1n) is 9.00. The van der Waals surface area contributed by atoms with Crippen molar-refractivity contribution in [2.75, 3.05) is 19.7 Å². The van der Waals surface area contributed by atoms with Crippen LogP contribution in [0.25, 0.3) is 0 Å². The van der Waals surface area contributed by atoms with E-state index in [1.807, 2.05) is 12.1 Å². The van der Waals surface area contributed by atoms with Crippen molar-refractivity contribution < 1.29 is 29.0 Å². The Hall–Kier alpha value is -2.77. The van der Waals surface area contributed by atoms with Crippen LogP contribution in [0.3, 0.4) is 0 Å². The molecule has 1 aromatic rings. The van der Waals surface area contributed by atoms with Crippen LogP contribution in [-0.2, 0) is 14.4 Å². The molecule has 2 amide bonds. The van der Waals surface area contributed by atoms with Crippen molar-refractivity contribution in [1.29, 1.82) is 0 Å². The Morgan fingerprint density at radius 3 is 2.41 bits per heavy atom. The van der Waals surface area contributed by atoms with Gasteiger partial charge in [-0.15, -0.1) is 0 Å². The molecule has 1 fully saturated rings. The van der Waals surface area contributed by atoms with Gasteiger partial charge in [0.2, 0.25) is 12.0 Å². The number of rotatable bonds is 4. The lowest BCUT2D eigenvalue weighted by Gasteiger charge is -2.36. The number of fused-ring (bicyclic) bond motifs is 1. The van der Waals surface area contributed by atoms with E-state index >= 15 is 0 Å². The third-order valence-electron chi connectivity index (χ3n) is 5.03. The summed E-state index contributed by atoms with van der Waals surface area (Å²) < 4.78 is 11.4. The number of nitrogens with one attached hydrogen (secondary N) is 1. The quantitative estimate of drug-likeness (QED) is 0.761. The van der Waals surface area contributed by atoms with Crippen molar-refractivity contribution in [3.63, 3.8) is 0 Å². The summed E-state index contributed by atoms with van der Waals surface area (Å²) in [6.45, 7) is 3.86. The number of piperidine rings is 1. The molecule has 2 aliphatic heterocycles. The van der Waals surface area contributed by atoms with Crippen LogP contribution >= 0.6 is 0 Å². The van der Waals surface area contributed by atoms with E-state index in [0.29, 0.717) is 37.4 Å². The molecule has 0 bridgehead atoms. The number of amides is 2. The average molecular weight is 376 g/mol. The second-order valence-corrected chi connectivity index (χ2v) is 7.37. The van der Waals surface area contributed by atoms with E-state index in [0.717, 1.165) is 0 Å². The highest BCUT2D eigenvalue weighted by molar-refractivity contribution is 6.01. The van der Waals surface area contributed by atoms with Gasteiger partial charge >= 0.3 is 5.97 Å². The van der Waals surface area contributed by atoms with Gasteiger partial charge in [0.1, 0.15) is 12.0 Å². The Morgan fingerprint density at radius 1 is 1.15 bits per heavy atom. The fraction of sp³-hybridized carbons (Fsp3) is 0.526. The van der Waals surface area contributed by atoms with Gasteiger partial charge in [-0.3, -0.25) is 14.4 Å². The van der Waals surface area contributed by atoms with Crippen molar-refractivity contribution in [3.8, 4) is 11.5 Å². The Morgan fingerprint density at radius 2 is 1.78 bits per heavy atom. The number of carboxylic acid groups (broad SMARTS) is 1. The van der Waals surface area contributed by atoms with Crippen molar-refractivity contribution in [1.82, 2.24) is 10.2 Å². The van der Waals surface area contributed by atoms with Crippen molar-refractivity contribution in [2.24, 2.45) is 5.41 Å². The van der Waals surface area contributed by atoms with Gasteiger partial charge in [0.25, 0.3) is 5.91 Å². The maximum absolute atomic E-state index is 12.7. The maximum atomic E-state index is 12.7. The summed E-state index contributed by atoms with van der Waals surface area (Å²) in [6, 6.07) is 7.07. The summed E-state index contributed by atoms with van der Waals surface area (Å²) in [6.07, 6.45) is 0.450. The molecule has 8 heteroatoms. The smallest absolute Gasteiger partial charge is 0.318 e. The lowest BCUT2D eigenvalue weighted by Crippen LogP contribution is -2.53. The van der Waals surface area contributed by atoms with Gasteiger partial charge in [-0.25, -0.2) is 0 Å². The van der Waals surface area contributed by atoms with E-state index in [-0.39, 0.29) is 18.6 Å². The van der Waals surface area contributed by atoms with Gasteiger partial charge in [-0.1, -0.05) is 12.1 Å². The molecule has 1 aromatic carbocycles. The molecule has 1 atom stereocenters. The van der Waals surface area contributed by atoms with Gasteiger partial charge < -0.3 is 24.8 Å². The molecule has 146 valence electrons. The number of carboxylic acids is 1. The molecule has 3 rings (SSSR count). The van der Waals surface area contributed by atoms with Crippen molar-refractivity contribution >= 4 is 17.8 Å². The average Bonchev–Trinajstić information content (AvgIpc) is 2.67. The lowest BCUT2D eigenvalue weighted by molar-refractivity contribution is -0.153. The van der Waals surface area contributed by atoms with Crippen LogP contribution in [0.4, 0.5) is 0 Å². The predicted octanol–water partition coefficient (Wildman–Crippen LogP) is 1.04. The zero-order valence-electron chi connectivity index (χ0n) is 15.4. The molecule has 2 heterocycles. The summed E-state index contributed by atoms with van der Waals surface area (Å²) >= 11 is 0. The monoisotopic (exact) mass is 376 g/mol. The lowest BCUT2D eigenvalue weighted by atomic mass is 9.91. The fourth-order valence-corrected chi connectivity index (χ4v) is 3.05. The third-order valence-corrected chi connectivity index (χ3v) is 5.03. The van der Waals surface area contributed by atoms with Crippen molar-refractivity contribution in [3.05, 3.63) is 24.3 Å². The van der Waals surface area contributed by atoms with E-state index in [2.05, 4.69) is 5.32 Å². The van der Waals surface area contributed by atoms with E-state index < -0.39 is 23.4 Å². The normalized spacial score (nSPS) is 20.1. The van der Waals surface area contributed by atoms with Crippen LogP contribution in [0.1, 0.15) is 26.7 Å². The van der Waals surface area contributed by atoms with Gasteiger partial charge in [0.15, 0.2) is 11.5 Å². The Balaban J connectivity index is 1.51. The summed E-state index contributed by atoms with van der Waals surface area (Å²) in [4.78, 5) is 37.7. The molecule has 0 aliphatic carbocycles. The van der Waals surface area contributed by atoms with E-state index in [1.165, 1.54) is 13.8 Å². The number of carbonyl (C=O) groups is 3. The summed E-state index contributed by atoms with van der Waals surface area (Å²) in [7, 11) is 0. The molecule has 0 saturated carbocycles. The number of benzene rings is 1. The number of nitrogens with zero attached hydrogens (tertiary/aromatic N) is 1. The summed E-state index contributed by atoms with van der Waals surface area (Å²) in [5.41, 5.74) is -1.48. The molecule has 8 nitrogen and oxygen atoms in total. The van der Waals surface area contributed by atoms with Gasteiger partial charge in [-0.05, 0) is 38.8 Å². The van der Waals surface area contributed by atoms with Crippen molar-refractivity contribution in [2.45, 2.75) is 38.8 Å².